The number of nitriles is 1. The smallest absolute Gasteiger partial charge is 0.249 e. The average Bonchev–Trinajstić information content (AvgIpc) is 2.64. The molecule has 0 bridgehead atoms. The van der Waals surface area contributed by atoms with Crippen LogP contribution in [-0.4, -0.2) is 24.1 Å². The van der Waals surface area contributed by atoms with Gasteiger partial charge in [-0.2, -0.15) is 17.0 Å². The van der Waals surface area contributed by atoms with Gasteiger partial charge >= 0.3 is 0 Å². The number of hydrogen-bond acceptors (Lipinski definition) is 4. The number of primary amides is 1. The molecule has 3 N–H and O–H groups in total. The highest BCUT2D eigenvalue weighted by atomic mass is 32.2. The molecule has 2 rings (SSSR count). The summed E-state index contributed by atoms with van der Waals surface area (Å²) < 4.78 is 14.4. The highest BCUT2D eigenvalue weighted by Crippen LogP contribution is 2.28. The maximum Gasteiger partial charge on any atom is 0.249 e. The second kappa shape index (κ2) is 9.59. The standard InChI is InChI=1S/C19H18FN3O2S/c20-16-8-4-7-14(18(22)24)17(16)15(19(25)23-10-9-21)12-26-11-13-5-2-1-3-6-13/h1-8,15H,10-12H2,(H2,22,24)(H,23,25). The SMILES string of the molecule is N#CCNC(=O)C(CSCc1ccccc1)c1c(F)cccc1C(N)=O. The van der Waals surface area contributed by atoms with Crippen LogP contribution in [0.4, 0.5) is 4.39 Å². The molecule has 0 aliphatic rings. The van der Waals surface area contributed by atoms with E-state index in [1.54, 1.807) is 0 Å². The van der Waals surface area contributed by atoms with Gasteiger partial charge in [-0.05, 0) is 17.7 Å². The predicted molar refractivity (Wildman–Crippen MR) is 98.9 cm³/mol. The van der Waals surface area contributed by atoms with Crippen molar-refractivity contribution in [3.8, 4) is 6.07 Å². The van der Waals surface area contributed by atoms with Crippen molar-refractivity contribution in [2.75, 3.05) is 12.3 Å². The average molecular weight is 371 g/mol. The molecule has 2 aromatic carbocycles. The number of nitrogens with one attached hydrogen (secondary N) is 1. The van der Waals surface area contributed by atoms with Crippen molar-refractivity contribution in [2.45, 2.75) is 11.7 Å². The molecular weight excluding hydrogens is 353 g/mol. The topological polar surface area (TPSA) is 96.0 Å². The Hall–Kier alpha value is -2.85. The summed E-state index contributed by atoms with van der Waals surface area (Å²) in [4.78, 5) is 24.2. The van der Waals surface area contributed by atoms with Crippen molar-refractivity contribution in [1.29, 1.82) is 5.26 Å². The second-order valence-electron chi connectivity index (χ2n) is 5.49. The minimum Gasteiger partial charge on any atom is -0.366 e. The lowest BCUT2D eigenvalue weighted by Crippen LogP contribution is -2.33. The number of hydrogen-bond donors (Lipinski definition) is 2. The molecule has 0 spiro atoms. The molecule has 134 valence electrons. The Morgan fingerprint density at radius 3 is 2.58 bits per heavy atom. The highest BCUT2D eigenvalue weighted by Gasteiger charge is 2.28. The molecule has 0 fully saturated rings. The summed E-state index contributed by atoms with van der Waals surface area (Å²) in [7, 11) is 0. The summed E-state index contributed by atoms with van der Waals surface area (Å²) in [5, 5.41) is 11.1. The number of thioether (sulfide) groups is 1. The van der Waals surface area contributed by atoms with Gasteiger partial charge in [-0.25, -0.2) is 4.39 Å². The van der Waals surface area contributed by atoms with E-state index in [-0.39, 0.29) is 23.4 Å². The Bertz CT molecular complexity index is 821. The molecule has 7 heteroatoms. The largest absolute Gasteiger partial charge is 0.366 e. The van der Waals surface area contributed by atoms with Crippen LogP contribution >= 0.6 is 11.8 Å². The number of halogens is 1. The number of benzene rings is 2. The van der Waals surface area contributed by atoms with Crippen LogP contribution in [0.3, 0.4) is 0 Å². The van der Waals surface area contributed by atoms with E-state index in [2.05, 4.69) is 5.32 Å². The first kappa shape index (κ1) is 19.5. The van der Waals surface area contributed by atoms with E-state index in [1.807, 2.05) is 36.4 Å². The Morgan fingerprint density at radius 2 is 1.92 bits per heavy atom. The minimum absolute atomic E-state index is 0.0255. The van der Waals surface area contributed by atoms with E-state index in [1.165, 1.54) is 30.0 Å². The number of carbonyl (C=O) groups is 2. The van der Waals surface area contributed by atoms with Gasteiger partial charge in [-0.15, -0.1) is 0 Å². The number of amides is 2. The van der Waals surface area contributed by atoms with E-state index in [0.29, 0.717) is 5.75 Å². The monoisotopic (exact) mass is 371 g/mol. The summed E-state index contributed by atoms with van der Waals surface area (Å²) in [6.45, 7) is -0.195. The number of rotatable bonds is 8. The number of nitrogens with two attached hydrogens (primary N) is 1. The first-order chi connectivity index (χ1) is 12.5. The highest BCUT2D eigenvalue weighted by molar-refractivity contribution is 7.98. The van der Waals surface area contributed by atoms with Crippen LogP contribution in [0.25, 0.3) is 0 Å². The summed E-state index contributed by atoms with van der Waals surface area (Å²) in [5.74, 6) is -2.04. The van der Waals surface area contributed by atoms with Crippen LogP contribution < -0.4 is 11.1 Å². The van der Waals surface area contributed by atoms with E-state index in [0.717, 1.165) is 5.56 Å². The number of nitrogens with zero attached hydrogens (tertiary/aromatic N) is 1. The molecule has 0 saturated heterocycles. The van der Waals surface area contributed by atoms with Gasteiger partial charge in [0.2, 0.25) is 11.8 Å². The zero-order valence-corrected chi connectivity index (χ0v) is 14.8. The van der Waals surface area contributed by atoms with Crippen molar-refractivity contribution in [3.05, 3.63) is 71.0 Å². The quantitative estimate of drug-likeness (QED) is 0.697. The Morgan fingerprint density at radius 1 is 1.19 bits per heavy atom. The van der Waals surface area contributed by atoms with Crippen LogP contribution in [0.15, 0.2) is 48.5 Å². The lowest BCUT2D eigenvalue weighted by Gasteiger charge is -2.19. The van der Waals surface area contributed by atoms with Crippen LogP contribution in [-0.2, 0) is 10.5 Å². The van der Waals surface area contributed by atoms with Gasteiger partial charge in [-0.1, -0.05) is 36.4 Å². The molecule has 0 heterocycles. The summed E-state index contributed by atoms with van der Waals surface area (Å²) in [6, 6.07) is 15.4. The third-order valence-corrected chi connectivity index (χ3v) is 4.83. The summed E-state index contributed by atoms with van der Waals surface area (Å²) >= 11 is 1.44. The molecule has 0 saturated carbocycles. The molecule has 0 radical (unpaired) electrons. The van der Waals surface area contributed by atoms with Gasteiger partial charge in [0.1, 0.15) is 12.4 Å². The first-order valence-corrected chi connectivity index (χ1v) is 9.04. The third-order valence-electron chi connectivity index (χ3n) is 3.72. The molecular formula is C19H18FN3O2S. The zero-order chi connectivity index (χ0) is 18.9. The van der Waals surface area contributed by atoms with Crippen LogP contribution in [0, 0.1) is 17.1 Å². The van der Waals surface area contributed by atoms with E-state index in [4.69, 9.17) is 11.0 Å². The van der Waals surface area contributed by atoms with Crippen LogP contribution in [0.2, 0.25) is 0 Å². The lowest BCUT2D eigenvalue weighted by molar-refractivity contribution is -0.121. The maximum absolute atomic E-state index is 14.4. The van der Waals surface area contributed by atoms with Gasteiger partial charge < -0.3 is 11.1 Å². The maximum atomic E-state index is 14.4. The van der Waals surface area contributed by atoms with E-state index in [9.17, 15) is 14.0 Å². The zero-order valence-electron chi connectivity index (χ0n) is 13.9. The van der Waals surface area contributed by atoms with Crippen molar-refractivity contribution in [3.63, 3.8) is 0 Å². The summed E-state index contributed by atoms with van der Waals surface area (Å²) in [5.41, 5.74) is 6.35. The number of carbonyl (C=O) groups excluding carboxylic acids is 2. The van der Waals surface area contributed by atoms with Crippen molar-refractivity contribution in [2.24, 2.45) is 5.73 Å². The fraction of sp³-hybridized carbons (Fsp3) is 0.211. The second-order valence-corrected chi connectivity index (χ2v) is 6.52. The summed E-state index contributed by atoms with van der Waals surface area (Å²) in [6.07, 6.45) is 0. The van der Waals surface area contributed by atoms with Gasteiger partial charge in [0.05, 0.1) is 12.0 Å². The molecule has 2 aromatic rings. The Balaban J connectivity index is 2.26. The van der Waals surface area contributed by atoms with E-state index >= 15 is 0 Å². The van der Waals surface area contributed by atoms with Crippen molar-refractivity contribution < 1.29 is 14.0 Å². The van der Waals surface area contributed by atoms with Crippen LogP contribution in [0.1, 0.15) is 27.4 Å². The molecule has 0 aliphatic heterocycles. The fourth-order valence-corrected chi connectivity index (χ4v) is 3.61. The molecule has 1 unspecified atom stereocenters. The predicted octanol–water partition coefficient (Wildman–Crippen LogP) is 2.58. The molecule has 0 aliphatic carbocycles. The van der Waals surface area contributed by atoms with E-state index < -0.39 is 23.5 Å². The van der Waals surface area contributed by atoms with Gasteiger partial charge in [0.15, 0.2) is 0 Å². The van der Waals surface area contributed by atoms with Gasteiger partial charge in [0, 0.05) is 22.6 Å². The Kier molecular flexibility index (Phi) is 7.18. The van der Waals surface area contributed by atoms with Gasteiger partial charge in [0.25, 0.3) is 0 Å². The normalized spacial score (nSPS) is 11.4. The van der Waals surface area contributed by atoms with Crippen LogP contribution in [0.5, 0.6) is 0 Å². The molecule has 1 atom stereocenters. The molecule has 5 nitrogen and oxygen atoms in total. The fourth-order valence-electron chi connectivity index (χ4n) is 2.51. The Labute approximate surface area is 155 Å². The van der Waals surface area contributed by atoms with Crippen molar-refractivity contribution >= 4 is 23.6 Å². The molecule has 26 heavy (non-hydrogen) atoms. The first-order valence-electron chi connectivity index (χ1n) is 7.89. The molecule has 2 amide bonds. The third kappa shape index (κ3) is 5.07. The minimum atomic E-state index is -0.930. The van der Waals surface area contributed by atoms with Gasteiger partial charge in [-0.3, -0.25) is 9.59 Å². The van der Waals surface area contributed by atoms with Crippen molar-refractivity contribution in [1.82, 2.24) is 5.32 Å². The lowest BCUT2D eigenvalue weighted by atomic mass is 9.93. The molecule has 0 aromatic heterocycles.